The maximum absolute atomic E-state index is 9.16. The van der Waals surface area contributed by atoms with Crippen molar-refractivity contribution in [2.75, 3.05) is 0 Å². The van der Waals surface area contributed by atoms with Crippen molar-refractivity contribution in [1.82, 2.24) is 15.0 Å². The van der Waals surface area contributed by atoms with E-state index in [1.807, 2.05) is 18.2 Å². The Bertz CT molecular complexity index is 1030. The summed E-state index contributed by atoms with van der Waals surface area (Å²) in [6.07, 6.45) is 7.06. The molecule has 3 aromatic rings. The molecule has 0 atom stereocenters. The molecule has 4 nitrogen and oxygen atoms in total. The number of hydrogen-bond donors (Lipinski definition) is 1. The fraction of sp³-hybridized carbons (Fsp3) is 0.409. The summed E-state index contributed by atoms with van der Waals surface area (Å²) < 4.78 is 0. The Balaban J connectivity index is 1.62. The molecule has 0 radical (unpaired) electrons. The molecule has 1 N–H and O–H groups in total. The summed E-state index contributed by atoms with van der Waals surface area (Å²) in [5, 5.41) is 9.16. The van der Waals surface area contributed by atoms with E-state index in [4.69, 9.17) is 15.2 Å². The predicted molar refractivity (Wildman–Crippen MR) is 101 cm³/mol. The maximum atomic E-state index is 9.16. The SMILES string of the molecule is CCCc1cccc(C2(c3nc4ccc(C#N)cc4[nH]3)CC3(CC3)C2)n1. The van der Waals surface area contributed by atoms with E-state index < -0.39 is 0 Å². The number of pyridine rings is 1. The van der Waals surface area contributed by atoms with E-state index in [9.17, 15) is 0 Å². The number of nitriles is 1. The van der Waals surface area contributed by atoms with Crippen LogP contribution in [0.25, 0.3) is 11.0 Å². The van der Waals surface area contributed by atoms with Crippen LogP contribution in [-0.2, 0) is 11.8 Å². The molecule has 2 aliphatic carbocycles. The van der Waals surface area contributed by atoms with Crippen molar-refractivity contribution < 1.29 is 0 Å². The van der Waals surface area contributed by atoms with Gasteiger partial charge in [-0.2, -0.15) is 5.26 Å². The van der Waals surface area contributed by atoms with Crippen molar-refractivity contribution in [2.45, 2.75) is 50.9 Å². The maximum Gasteiger partial charge on any atom is 0.119 e. The van der Waals surface area contributed by atoms with Crippen molar-refractivity contribution in [2.24, 2.45) is 5.41 Å². The number of hydrogen-bond acceptors (Lipinski definition) is 3. The summed E-state index contributed by atoms with van der Waals surface area (Å²) in [5.41, 5.74) is 5.28. The molecular weight excluding hydrogens is 320 g/mol. The number of aryl methyl sites for hydroxylation is 1. The Morgan fingerprint density at radius 3 is 2.73 bits per heavy atom. The van der Waals surface area contributed by atoms with E-state index in [2.05, 4.69) is 36.2 Å². The third-order valence-corrected chi connectivity index (χ3v) is 6.18. The van der Waals surface area contributed by atoms with E-state index >= 15 is 0 Å². The van der Waals surface area contributed by atoms with Gasteiger partial charge in [-0.25, -0.2) is 4.98 Å². The Hall–Kier alpha value is -2.67. The number of imidazole rings is 1. The highest BCUT2D eigenvalue weighted by Gasteiger charge is 2.64. The summed E-state index contributed by atoms with van der Waals surface area (Å²) in [5.74, 6) is 1.02. The van der Waals surface area contributed by atoms with Gasteiger partial charge in [0.1, 0.15) is 5.82 Å². The second kappa shape index (κ2) is 5.41. The van der Waals surface area contributed by atoms with Crippen LogP contribution in [0.5, 0.6) is 0 Å². The van der Waals surface area contributed by atoms with Crippen molar-refractivity contribution >= 4 is 11.0 Å². The lowest BCUT2D eigenvalue weighted by Gasteiger charge is -2.47. The third-order valence-electron chi connectivity index (χ3n) is 6.18. The molecule has 2 fully saturated rings. The first-order valence-electron chi connectivity index (χ1n) is 9.53. The predicted octanol–water partition coefficient (Wildman–Crippen LogP) is 4.64. The summed E-state index contributed by atoms with van der Waals surface area (Å²) in [6, 6.07) is 14.3. The molecule has 0 amide bonds. The molecule has 0 saturated heterocycles. The van der Waals surface area contributed by atoms with E-state index in [-0.39, 0.29) is 5.41 Å². The van der Waals surface area contributed by atoms with Gasteiger partial charge in [0.05, 0.1) is 33.8 Å². The van der Waals surface area contributed by atoms with Gasteiger partial charge in [0, 0.05) is 5.69 Å². The van der Waals surface area contributed by atoms with Gasteiger partial charge in [0.15, 0.2) is 0 Å². The zero-order valence-electron chi connectivity index (χ0n) is 15.0. The normalized spacial score (nSPS) is 19.2. The molecule has 26 heavy (non-hydrogen) atoms. The lowest BCUT2D eigenvalue weighted by atomic mass is 9.57. The van der Waals surface area contributed by atoms with E-state index in [1.165, 1.54) is 18.5 Å². The summed E-state index contributed by atoms with van der Waals surface area (Å²) in [7, 11) is 0. The first kappa shape index (κ1) is 15.6. The Morgan fingerprint density at radius 1 is 1.15 bits per heavy atom. The topological polar surface area (TPSA) is 65.4 Å². The highest BCUT2D eigenvalue weighted by atomic mass is 15.0. The van der Waals surface area contributed by atoms with Crippen LogP contribution in [0.1, 0.15) is 61.8 Å². The molecular formula is C22H22N4. The summed E-state index contributed by atoms with van der Waals surface area (Å²) in [6.45, 7) is 2.19. The second-order valence-electron chi connectivity index (χ2n) is 8.13. The van der Waals surface area contributed by atoms with Crippen LogP contribution in [0.15, 0.2) is 36.4 Å². The minimum Gasteiger partial charge on any atom is -0.341 e. The number of nitrogens with zero attached hydrogens (tertiary/aromatic N) is 3. The lowest BCUT2D eigenvalue weighted by Crippen LogP contribution is -2.45. The molecule has 130 valence electrons. The number of aromatic nitrogens is 3. The molecule has 1 spiro atoms. The molecule has 2 heterocycles. The standard InChI is InChI=1S/C22H22N4/c1-2-4-16-5-3-6-19(24-16)22(13-21(14-22)9-10-21)20-25-17-8-7-15(12-23)11-18(17)26-20/h3,5-8,11H,2,4,9-10,13-14H2,1H3,(H,25,26). The third kappa shape index (κ3) is 2.27. The van der Waals surface area contributed by atoms with Crippen LogP contribution in [0.4, 0.5) is 0 Å². The Labute approximate surface area is 153 Å². The molecule has 2 aromatic heterocycles. The van der Waals surface area contributed by atoms with Crippen molar-refractivity contribution in [3.8, 4) is 6.07 Å². The molecule has 4 heteroatoms. The second-order valence-corrected chi connectivity index (χ2v) is 8.13. The minimum absolute atomic E-state index is 0.105. The fourth-order valence-electron chi connectivity index (χ4n) is 4.68. The van der Waals surface area contributed by atoms with Crippen molar-refractivity contribution in [3.05, 3.63) is 59.2 Å². The molecule has 2 saturated carbocycles. The van der Waals surface area contributed by atoms with Gasteiger partial charge in [0.2, 0.25) is 0 Å². The Morgan fingerprint density at radius 2 is 2.00 bits per heavy atom. The number of rotatable bonds is 4. The van der Waals surface area contributed by atoms with Crippen LogP contribution in [0.3, 0.4) is 0 Å². The van der Waals surface area contributed by atoms with Gasteiger partial charge in [-0.15, -0.1) is 0 Å². The lowest BCUT2D eigenvalue weighted by molar-refractivity contribution is 0.145. The van der Waals surface area contributed by atoms with Crippen LogP contribution in [0, 0.1) is 16.7 Å². The molecule has 2 aliphatic rings. The average molecular weight is 342 g/mol. The number of H-pyrrole nitrogens is 1. The molecule has 0 unspecified atom stereocenters. The van der Waals surface area contributed by atoms with Gasteiger partial charge in [-0.05, 0) is 67.9 Å². The quantitative estimate of drug-likeness (QED) is 0.751. The number of aromatic amines is 1. The van der Waals surface area contributed by atoms with Crippen LogP contribution in [0.2, 0.25) is 0 Å². The van der Waals surface area contributed by atoms with Crippen LogP contribution >= 0.6 is 0 Å². The van der Waals surface area contributed by atoms with Gasteiger partial charge in [0.25, 0.3) is 0 Å². The largest absolute Gasteiger partial charge is 0.341 e. The Kier molecular flexibility index (Phi) is 3.24. The number of benzene rings is 1. The van der Waals surface area contributed by atoms with E-state index in [1.54, 1.807) is 0 Å². The van der Waals surface area contributed by atoms with E-state index in [0.29, 0.717) is 11.0 Å². The smallest absolute Gasteiger partial charge is 0.119 e. The highest BCUT2D eigenvalue weighted by Crippen LogP contribution is 2.70. The average Bonchev–Trinajstić information content (AvgIpc) is 3.31. The van der Waals surface area contributed by atoms with E-state index in [0.717, 1.165) is 48.2 Å². The number of fused-ring (bicyclic) bond motifs is 1. The summed E-state index contributed by atoms with van der Waals surface area (Å²) >= 11 is 0. The molecule has 0 bridgehead atoms. The first-order valence-corrected chi connectivity index (χ1v) is 9.53. The number of nitrogens with one attached hydrogen (secondary N) is 1. The van der Waals surface area contributed by atoms with Gasteiger partial charge in [-0.3, -0.25) is 4.98 Å². The summed E-state index contributed by atoms with van der Waals surface area (Å²) in [4.78, 5) is 13.5. The highest BCUT2D eigenvalue weighted by molar-refractivity contribution is 5.77. The molecule has 1 aromatic carbocycles. The van der Waals surface area contributed by atoms with Gasteiger partial charge < -0.3 is 4.98 Å². The molecule has 5 rings (SSSR count). The zero-order chi connectivity index (χ0) is 17.8. The fourth-order valence-corrected chi connectivity index (χ4v) is 4.68. The van der Waals surface area contributed by atoms with Crippen molar-refractivity contribution in [3.63, 3.8) is 0 Å². The molecule has 0 aliphatic heterocycles. The van der Waals surface area contributed by atoms with Crippen LogP contribution < -0.4 is 0 Å². The van der Waals surface area contributed by atoms with Gasteiger partial charge in [-0.1, -0.05) is 19.4 Å². The van der Waals surface area contributed by atoms with Crippen molar-refractivity contribution in [1.29, 1.82) is 5.26 Å². The van der Waals surface area contributed by atoms with Gasteiger partial charge >= 0.3 is 0 Å². The zero-order valence-corrected chi connectivity index (χ0v) is 15.0. The monoisotopic (exact) mass is 342 g/mol. The first-order chi connectivity index (χ1) is 12.7. The van der Waals surface area contributed by atoms with Crippen LogP contribution in [-0.4, -0.2) is 15.0 Å². The minimum atomic E-state index is -0.105.